The van der Waals surface area contributed by atoms with Gasteiger partial charge in [-0.3, -0.25) is 0 Å². The minimum Gasteiger partial charge on any atom is -0.330 e. The van der Waals surface area contributed by atoms with Gasteiger partial charge in [0.1, 0.15) is 0 Å². The van der Waals surface area contributed by atoms with Gasteiger partial charge in [0.25, 0.3) is 0 Å². The smallest absolute Gasteiger partial charge is 0.0831 e. The van der Waals surface area contributed by atoms with Crippen molar-refractivity contribution in [1.29, 1.82) is 0 Å². The molecule has 1 heterocycles. The van der Waals surface area contributed by atoms with Gasteiger partial charge in [-0.1, -0.05) is 23.7 Å². The molecule has 4 heteroatoms. The Morgan fingerprint density at radius 3 is 2.80 bits per heavy atom. The molecule has 2 aromatic rings. The standard InChI is InChI=1S/C11H12ClN3/c12-10-3-1-2-4-11(10)15-8-6-9(14-15)5-7-13/h1-4,6,8H,5,7,13H2. The predicted octanol–water partition coefficient (Wildman–Crippen LogP) is 2.03. The van der Waals surface area contributed by atoms with Gasteiger partial charge in [-0.25, -0.2) is 4.68 Å². The number of benzene rings is 1. The van der Waals surface area contributed by atoms with E-state index < -0.39 is 0 Å². The monoisotopic (exact) mass is 221 g/mol. The number of nitrogens with zero attached hydrogens (tertiary/aromatic N) is 2. The molecule has 3 nitrogen and oxygen atoms in total. The number of rotatable bonds is 3. The summed E-state index contributed by atoms with van der Waals surface area (Å²) in [6.07, 6.45) is 2.68. The van der Waals surface area contributed by atoms with Gasteiger partial charge in [0.15, 0.2) is 0 Å². The molecule has 0 aliphatic heterocycles. The van der Waals surface area contributed by atoms with Gasteiger partial charge < -0.3 is 5.73 Å². The maximum absolute atomic E-state index is 6.06. The Labute approximate surface area is 93.5 Å². The fraction of sp³-hybridized carbons (Fsp3) is 0.182. The van der Waals surface area contributed by atoms with Gasteiger partial charge in [-0.05, 0) is 24.7 Å². The van der Waals surface area contributed by atoms with E-state index in [0.717, 1.165) is 17.8 Å². The lowest BCUT2D eigenvalue weighted by molar-refractivity contribution is 0.822. The van der Waals surface area contributed by atoms with Gasteiger partial charge in [0, 0.05) is 12.6 Å². The minimum atomic E-state index is 0.611. The molecular formula is C11H12ClN3. The van der Waals surface area contributed by atoms with Crippen LogP contribution in [0.1, 0.15) is 5.69 Å². The molecule has 0 aliphatic rings. The summed E-state index contributed by atoms with van der Waals surface area (Å²) in [4.78, 5) is 0. The Morgan fingerprint density at radius 1 is 1.27 bits per heavy atom. The van der Waals surface area contributed by atoms with Crippen molar-refractivity contribution in [2.75, 3.05) is 6.54 Å². The van der Waals surface area contributed by atoms with E-state index in [2.05, 4.69) is 5.10 Å². The molecule has 0 saturated carbocycles. The second-order valence-corrected chi connectivity index (χ2v) is 3.65. The van der Waals surface area contributed by atoms with E-state index in [4.69, 9.17) is 17.3 Å². The number of hydrogen-bond acceptors (Lipinski definition) is 2. The van der Waals surface area contributed by atoms with Gasteiger partial charge >= 0.3 is 0 Å². The van der Waals surface area contributed by atoms with E-state index in [0.29, 0.717) is 11.6 Å². The predicted molar refractivity (Wildman–Crippen MR) is 61.3 cm³/mol. The van der Waals surface area contributed by atoms with Crippen LogP contribution in [0.2, 0.25) is 5.02 Å². The fourth-order valence-corrected chi connectivity index (χ4v) is 1.64. The Balaban J connectivity index is 2.33. The van der Waals surface area contributed by atoms with Crippen molar-refractivity contribution in [3.63, 3.8) is 0 Å². The summed E-state index contributed by atoms with van der Waals surface area (Å²) >= 11 is 6.06. The summed E-state index contributed by atoms with van der Waals surface area (Å²) in [5.41, 5.74) is 7.34. The van der Waals surface area contributed by atoms with Crippen molar-refractivity contribution in [2.24, 2.45) is 5.73 Å². The second-order valence-electron chi connectivity index (χ2n) is 3.24. The average molecular weight is 222 g/mol. The molecule has 0 unspecified atom stereocenters. The number of para-hydroxylation sites is 1. The fourth-order valence-electron chi connectivity index (χ4n) is 1.41. The maximum Gasteiger partial charge on any atom is 0.0831 e. The zero-order valence-electron chi connectivity index (χ0n) is 8.23. The molecule has 0 spiro atoms. The highest BCUT2D eigenvalue weighted by Crippen LogP contribution is 2.18. The molecule has 15 heavy (non-hydrogen) atoms. The molecule has 78 valence electrons. The normalized spacial score (nSPS) is 10.5. The van der Waals surface area contributed by atoms with Crippen molar-refractivity contribution < 1.29 is 0 Å². The summed E-state index contributed by atoms with van der Waals surface area (Å²) in [5.74, 6) is 0. The second kappa shape index (κ2) is 4.47. The summed E-state index contributed by atoms with van der Waals surface area (Å²) in [6, 6.07) is 9.57. The van der Waals surface area contributed by atoms with Crippen LogP contribution < -0.4 is 5.73 Å². The first-order chi connectivity index (χ1) is 7.31. The number of hydrogen-bond donors (Lipinski definition) is 1. The first kappa shape index (κ1) is 10.2. The van der Waals surface area contributed by atoms with Gasteiger partial charge in [-0.15, -0.1) is 0 Å². The first-order valence-electron chi connectivity index (χ1n) is 4.81. The molecule has 1 aromatic carbocycles. The van der Waals surface area contributed by atoms with E-state index in [1.807, 2.05) is 36.5 Å². The highest BCUT2D eigenvalue weighted by Gasteiger charge is 2.03. The zero-order valence-corrected chi connectivity index (χ0v) is 8.98. The Morgan fingerprint density at radius 2 is 2.07 bits per heavy atom. The molecule has 0 aliphatic carbocycles. The van der Waals surface area contributed by atoms with E-state index in [1.165, 1.54) is 0 Å². The molecule has 1 aromatic heterocycles. The van der Waals surface area contributed by atoms with Crippen LogP contribution in [0.3, 0.4) is 0 Å². The van der Waals surface area contributed by atoms with Crippen LogP contribution in [0.4, 0.5) is 0 Å². The summed E-state index contributed by atoms with van der Waals surface area (Å²) < 4.78 is 1.77. The van der Waals surface area contributed by atoms with Crippen molar-refractivity contribution >= 4 is 11.6 Å². The minimum absolute atomic E-state index is 0.611. The quantitative estimate of drug-likeness (QED) is 0.862. The van der Waals surface area contributed by atoms with Crippen molar-refractivity contribution in [3.05, 3.63) is 47.2 Å². The van der Waals surface area contributed by atoms with Gasteiger partial charge in [0.05, 0.1) is 16.4 Å². The first-order valence-corrected chi connectivity index (χ1v) is 5.18. The molecule has 0 atom stereocenters. The maximum atomic E-state index is 6.06. The largest absolute Gasteiger partial charge is 0.330 e. The third-order valence-electron chi connectivity index (χ3n) is 2.14. The van der Waals surface area contributed by atoms with Crippen molar-refractivity contribution in [3.8, 4) is 5.69 Å². The van der Waals surface area contributed by atoms with E-state index in [-0.39, 0.29) is 0 Å². The highest BCUT2D eigenvalue weighted by atomic mass is 35.5. The molecule has 2 rings (SSSR count). The molecule has 0 bridgehead atoms. The Hall–Kier alpha value is -1.32. The van der Waals surface area contributed by atoms with Crippen LogP contribution in [-0.2, 0) is 6.42 Å². The highest BCUT2D eigenvalue weighted by molar-refractivity contribution is 6.32. The third kappa shape index (κ3) is 2.19. The lowest BCUT2D eigenvalue weighted by atomic mass is 10.3. The summed E-state index contributed by atoms with van der Waals surface area (Å²) in [6.45, 7) is 0.611. The van der Waals surface area contributed by atoms with Crippen LogP contribution >= 0.6 is 11.6 Å². The van der Waals surface area contributed by atoms with E-state index in [9.17, 15) is 0 Å². The van der Waals surface area contributed by atoms with Crippen molar-refractivity contribution in [1.82, 2.24) is 9.78 Å². The molecule has 0 fully saturated rings. The third-order valence-corrected chi connectivity index (χ3v) is 2.46. The SMILES string of the molecule is NCCc1ccn(-c2ccccc2Cl)n1. The molecule has 0 amide bonds. The Bertz CT molecular complexity index is 451. The molecule has 0 saturated heterocycles. The van der Waals surface area contributed by atoms with Crippen LogP contribution in [0.15, 0.2) is 36.5 Å². The van der Waals surface area contributed by atoms with Crippen LogP contribution in [-0.4, -0.2) is 16.3 Å². The summed E-state index contributed by atoms with van der Waals surface area (Å²) in [5, 5.41) is 5.08. The average Bonchev–Trinajstić information content (AvgIpc) is 2.68. The Kier molecular flexibility index (Phi) is 3.04. The van der Waals surface area contributed by atoms with Crippen LogP contribution in [0.25, 0.3) is 5.69 Å². The molecular weight excluding hydrogens is 210 g/mol. The lowest BCUT2D eigenvalue weighted by Crippen LogP contribution is -2.04. The van der Waals surface area contributed by atoms with Crippen molar-refractivity contribution in [2.45, 2.75) is 6.42 Å². The van der Waals surface area contributed by atoms with Gasteiger partial charge in [-0.2, -0.15) is 5.10 Å². The number of aromatic nitrogens is 2. The number of halogens is 1. The van der Waals surface area contributed by atoms with E-state index >= 15 is 0 Å². The summed E-state index contributed by atoms with van der Waals surface area (Å²) in [7, 11) is 0. The molecule has 0 radical (unpaired) electrons. The topological polar surface area (TPSA) is 43.8 Å². The lowest BCUT2D eigenvalue weighted by Gasteiger charge is -2.02. The van der Waals surface area contributed by atoms with Gasteiger partial charge in [0.2, 0.25) is 0 Å². The van der Waals surface area contributed by atoms with Crippen LogP contribution in [0.5, 0.6) is 0 Å². The van der Waals surface area contributed by atoms with Crippen LogP contribution in [0, 0.1) is 0 Å². The zero-order chi connectivity index (χ0) is 10.7. The molecule has 2 N–H and O–H groups in total. The van der Waals surface area contributed by atoms with E-state index in [1.54, 1.807) is 4.68 Å². The number of nitrogens with two attached hydrogens (primary N) is 1.